The molecule has 0 aliphatic carbocycles. The molecule has 31 heavy (non-hydrogen) atoms. The predicted molar refractivity (Wildman–Crippen MR) is 119 cm³/mol. The molecular formula is C22H21N5O4. The van der Waals surface area contributed by atoms with Gasteiger partial charge in [0.1, 0.15) is 6.07 Å². The molecule has 1 aromatic heterocycles. The first-order valence-electron chi connectivity index (χ1n) is 9.08. The van der Waals surface area contributed by atoms with Crippen molar-refractivity contribution in [3.63, 3.8) is 0 Å². The van der Waals surface area contributed by atoms with Crippen LogP contribution in [0.1, 0.15) is 5.56 Å². The number of anilines is 4. The van der Waals surface area contributed by atoms with E-state index in [1.165, 1.54) is 27.5 Å². The van der Waals surface area contributed by atoms with Gasteiger partial charge in [-0.15, -0.1) is 0 Å². The van der Waals surface area contributed by atoms with Crippen molar-refractivity contribution in [2.24, 2.45) is 0 Å². The first-order chi connectivity index (χ1) is 14.9. The molecule has 0 spiro atoms. The van der Waals surface area contributed by atoms with Gasteiger partial charge in [-0.05, 0) is 18.2 Å². The van der Waals surface area contributed by atoms with Crippen LogP contribution in [0.15, 0.2) is 43.1 Å². The Morgan fingerprint density at radius 1 is 1.16 bits per heavy atom. The summed E-state index contributed by atoms with van der Waals surface area (Å²) >= 11 is 0. The Morgan fingerprint density at radius 3 is 2.39 bits per heavy atom. The number of pyridine rings is 1. The highest BCUT2D eigenvalue weighted by Gasteiger charge is 2.17. The maximum absolute atomic E-state index is 11.7. The molecule has 0 aliphatic heterocycles. The molecule has 2 aromatic carbocycles. The van der Waals surface area contributed by atoms with Crippen LogP contribution in [0.2, 0.25) is 0 Å². The lowest BCUT2D eigenvalue weighted by atomic mass is 10.1. The summed E-state index contributed by atoms with van der Waals surface area (Å²) in [5.41, 5.74) is 8.77. The SMILES string of the molecule is C=CC(=O)Nc1cc2ncc(C#N)c(Nc3cc(OC)c(OC)c(OC)c3)c2cc1N. The molecular weight excluding hydrogens is 398 g/mol. The Balaban J connectivity index is 2.15. The maximum Gasteiger partial charge on any atom is 0.247 e. The number of ether oxygens (including phenoxy) is 3. The molecule has 0 fully saturated rings. The number of carbonyl (C=O) groups excluding carboxylic acids is 1. The number of methoxy groups -OCH3 is 3. The fourth-order valence-corrected chi connectivity index (χ4v) is 3.06. The molecule has 0 aliphatic rings. The molecule has 0 saturated heterocycles. The predicted octanol–water partition coefficient (Wildman–Crippen LogP) is 3.58. The molecule has 9 heteroatoms. The molecule has 0 saturated carbocycles. The number of benzene rings is 2. The average Bonchev–Trinajstić information content (AvgIpc) is 2.79. The van der Waals surface area contributed by atoms with Gasteiger partial charge in [-0.25, -0.2) is 0 Å². The summed E-state index contributed by atoms with van der Waals surface area (Å²) < 4.78 is 16.1. The van der Waals surface area contributed by atoms with E-state index in [-0.39, 0.29) is 0 Å². The largest absolute Gasteiger partial charge is 0.493 e. The van der Waals surface area contributed by atoms with Crippen molar-refractivity contribution in [1.29, 1.82) is 5.26 Å². The Labute approximate surface area is 179 Å². The number of carbonyl (C=O) groups is 1. The van der Waals surface area contributed by atoms with Gasteiger partial charge in [-0.3, -0.25) is 9.78 Å². The number of fused-ring (bicyclic) bond motifs is 1. The van der Waals surface area contributed by atoms with Crippen molar-refractivity contribution in [3.8, 4) is 23.3 Å². The molecule has 4 N–H and O–H groups in total. The van der Waals surface area contributed by atoms with E-state index >= 15 is 0 Å². The smallest absolute Gasteiger partial charge is 0.247 e. The van der Waals surface area contributed by atoms with Crippen molar-refractivity contribution in [1.82, 2.24) is 4.98 Å². The van der Waals surface area contributed by atoms with Crippen molar-refractivity contribution in [3.05, 3.63) is 48.7 Å². The van der Waals surface area contributed by atoms with Crippen LogP contribution in [0.3, 0.4) is 0 Å². The lowest BCUT2D eigenvalue weighted by Gasteiger charge is -2.17. The van der Waals surface area contributed by atoms with Gasteiger partial charge < -0.3 is 30.6 Å². The van der Waals surface area contributed by atoms with Gasteiger partial charge in [0, 0.05) is 29.4 Å². The van der Waals surface area contributed by atoms with Crippen molar-refractivity contribution < 1.29 is 19.0 Å². The van der Waals surface area contributed by atoms with Crippen molar-refractivity contribution >= 4 is 39.6 Å². The van der Waals surface area contributed by atoms with Gasteiger partial charge in [0.05, 0.1) is 49.5 Å². The number of nitrogens with zero attached hydrogens (tertiary/aromatic N) is 2. The number of nitrogen functional groups attached to an aromatic ring is 1. The third-order valence-corrected chi connectivity index (χ3v) is 4.54. The lowest BCUT2D eigenvalue weighted by Crippen LogP contribution is -2.09. The third kappa shape index (κ3) is 4.13. The molecule has 0 unspecified atom stereocenters. The van der Waals surface area contributed by atoms with Gasteiger partial charge in [0.15, 0.2) is 11.5 Å². The first kappa shape index (κ1) is 21.3. The maximum atomic E-state index is 11.7. The number of hydrogen-bond donors (Lipinski definition) is 3. The zero-order valence-electron chi connectivity index (χ0n) is 17.3. The summed E-state index contributed by atoms with van der Waals surface area (Å²) in [5, 5.41) is 16.1. The Kier molecular flexibility index (Phi) is 6.12. The molecule has 3 rings (SSSR count). The van der Waals surface area contributed by atoms with Gasteiger partial charge in [0.2, 0.25) is 11.7 Å². The minimum absolute atomic E-state index is 0.309. The van der Waals surface area contributed by atoms with Crippen LogP contribution < -0.4 is 30.6 Å². The van der Waals surface area contributed by atoms with Crippen LogP contribution in [0.25, 0.3) is 10.9 Å². The summed E-state index contributed by atoms with van der Waals surface area (Å²) in [4.78, 5) is 16.0. The van der Waals surface area contributed by atoms with E-state index in [2.05, 4.69) is 28.3 Å². The number of nitrogens with two attached hydrogens (primary N) is 1. The zero-order chi connectivity index (χ0) is 22.5. The quantitative estimate of drug-likeness (QED) is 0.391. The summed E-state index contributed by atoms with van der Waals surface area (Å²) in [7, 11) is 4.55. The lowest BCUT2D eigenvalue weighted by molar-refractivity contribution is -0.111. The molecule has 0 radical (unpaired) electrons. The monoisotopic (exact) mass is 419 g/mol. The van der Waals surface area contributed by atoms with E-state index in [4.69, 9.17) is 19.9 Å². The molecule has 0 bridgehead atoms. The minimum atomic E-state index is -0.393. The summed E-state index contributed by atoms with van der Waals surface area (Å²) in [6, 6.07) is 8.84. The van der Waals surface area contributed by atoms with E-state index in [9.17, 15) is 10.1 Å². The first-order valence-corrected chi connectivity index (χ1v) is 9.08. The highest BCUT2D eigenvalue weighted by atomic mass is 16.5. The second-order valence-corrected chi connectivity index (χ2v) is 6.35. The fraction of sp³-hybridized carbons (Fsp3) is 0.136. The standard InChI is InChI=1S/C22H21N5O4/c1-5-20(28)27-17-9-16-14(8-15(17)24)21(12(10-23)11-25-16)26-13-6-18(29-2)22(31-4)19(7-13)30-3/h5-9,11H,1,24H2,2-4H3,(H,25,26)(H,27,28). The normalized spacial score (nSPS) is 10.1. The molecule has 3 aromatic rings. The van der Waals surface area contributed by atoms with Gasteiger partial charge in [0.25, 0.3) is 0 Å². The van der Waals surface area contributed by atoms with Crippen LogP contribution in [0.5, 0.6) is 17.2 Å². The minimum Gasteiger partial charge on any atom is -0.493 e. The topological polar surface area (TPSA) is 132 Å². The molecule has 0 atom stereocenters. The van der Waals surface area contributed by atoms with Crippen LogP contribution in [-0.4, -0.2) is 32.2 Å². The molecule has 1 heterocycles. The summed E-state index contributed by atoms with van der Waals surface area (Å²) in [5.74, 6) is 0.961. The number of amides is 1. The van der Waals surface area contributed by atoms with E-state index in [1.807, 2.05) is 0 Å². The molecule has 1 amide bonds. The van der Waals surface area contributed by atoms with E-state index in [1.54, 1.807) is 24.3 Å². The number of aromatic nitrogens is 1. The second kappa shape index (κ2) is 8.92. The van der Waals surface area contributed by atoms with Gasteiger partial charge in [-0.2, -0.15) is 5.26 Å². The van der Waals surface area contributed by atoms with Crippen LogP contribution in [0.4, 0.5) is 22.7 Å². The van der Waals surface area contributed by atoms with E-state index < -0.39 is 5.91 Å². The highest BCUT2D eigenvalue weighted by Crippen LogP contribution is 2.42. The van der Waals surface area contributed by atoms with Crippen molar-refractivity contribution in [2.75, 3.05) is 37.7 Å². The van der Waals surface area contributed by atoms with Crippen LogP contribution in [0, 0.1) is 11.3 Å². The Bertz CT molecular complexity index is 1190. The summed E-state index contributed by atoms with van der Waals surface area (Å²) in [6.07, 6.45) is 2.59. The third-order valence-electron chi connectivity index (χ3n) is 4.54. The Morgan fingerprint density at radius 2 is 1.84 bits per heavy atom. The van der Waals surface area contributed by atoms with E-state index in [0.717, 1.165) is 6.08 Å². The summed E-state index contributed by atoms with van der Waals surface area (Å²) in [6.45, 7) is 3.43. The number of rotatable bonds is 7. The second-order valence-electron chi connectivity index (χ2n) is 6.35. The highest BCUT2D eigenvalue weighted by molar-refractivity contribution is 6.05. The zero-order valence-corrected chi connectivity index (χ0v) is 17.3. The number of nitriles is 1. The number of nitrogens with one attached hydrogen (secondary N) is 2. The van der Waals surface area contributed by atoms with Crippen LogP contribution in [-0.2, 0) is 4.79 Å². The molecule has 9 nitrogen and oxygen atoms in total. The fourth-order valence-electron chi connectivity index (χ4n) is 3.06. The Hall–Kier alpha value is -4.45. The molecule has 158 valence electrons. The van der Waals surface area contributed by atoms with Gasteiger partial charge in [-0.1, -0.05) is 6.58 Å². The van der Waals surface area contributed by atoms with Crippen molar-refractivity contribution in [2.45, 2.75) is 0 Å². The van der Waals surface area contributed by atoms with Crippen LogP contribution >= 0.6 is 0 Å². The number of hydrogen-bond acceptors (Lipinski definition) is 8. The average molecular weight is 419 g/mol. The van der Waals surface area contributed by atoms with Gasteiger partial charge >= 0.3 is 0 Å². The van der Waals surface area contributed by atoms with E-state index in [0.29, 0.717) is 56.5 Å².